The Morgan fingerprint density at radius 2 is 2.05 bits per heavy atom. The van der Waals surface area contributed by atoms with Gasteiger partial charge in [-0.15, -0.1) is 10.2 Å². The Bertz CT molecular complexity index is 529. The van der Waals surface area contributed by atoms with Crippen LogP contribution in [0.15, 0.2) is 29.4 Å². The third-order valence-corrected chi connectivity index (χ3v) is 3.58. The predicted molar refractivity (Wildman–Crippen MR) is 72.7 cm³/mol. The number of nitrogens with zero attached hydrogens (tertiary/aromatic N) is 3. The van der Waals surface area contributed by atoms with Gasteiger partial charge >= 0.3 is 0 Å². The summed E-state index contributed by atoms with van der Waals surface area (Å²) in [6, 6.07) is 6.00. The molecule has 0 aliphatic carbocycles. The molecular weight excluding hydrogens is 267 g/mol. The van der Waals surface area contributed by atoms with Gasteiger partial charge in [-0.25, -0.2) is 4.39 Å². The Kier molecular flexibility index (Phi) is 4.62. The van der Waals surface area contributed by atoms with Crippen LogP contribution < -0.4 is 10.5 Å². The quantitative estimate of drug-likeness (QED) is 0.649. The molecule has 2 rings (SSSR count). The predicted octanol–water partition coefficient (Wildman–Crippen LogP) is 2.10. The number of hydrogen-bond donors (Lipinski definition) is 1. The van der Waals surface area contributed by atoms with E-state index in [4.69, 9.17) is 10.5 Å². The van der Waals surface area contributed by atoms with Crippen LogP contribution in [0.4, 0.5) is 10.3 Å². The molecule has 0 radical (unpaired) electrons. The van der Waals surface area contributed by atoms with Crippen molar-refractivity contribution in [2.45, 2.75) is 11.6 Å². The van der Waals surface area contributed by atoms with Crippen LogP contribution in [0.2, 0.25) is 0 Å². The number of nitrogens with two attached hydrogens (primary N) is 1. The maximum Gasteiger partial charge on any atom is 0.222 e. The summed E-state index contributed by atoms with van der Waals surface area (Å²) in [7, 11) is 1.83. The van der Waals surface area contributed by atoms with Crippen molar-refractivity contribution in [3.63, 3.8) is 0 Å². The summed E-state index contributed by atoms with van der Waals surface area (Å²) in [5.74, 6) is 1.68. The summed E-state index contributed by atoms with van der Waals surface area (Å²) in [6.45, 7) is 0.575. The zero-order valence-corrected chi connectivity index (χ0v) is 11.4. The molecule has 1 aromatic heterocycles. The highest BCUT2D eigenvalue weighted by Gasteiger charge is 2.05. The highest BCUT2D eigenvalue weighted by atomic mass is 32.2. The van der Waals surface area contributed by atoms with Crippen LogP contribution in [-0.4, -0.2) is 27.1 Å². The Hall–Kier alpha value is -1.76. The first kappa shape index (κ1) is 13.7. The summed E-state index contributed by atoms with van der Waals surface area (Å²) < 4.78 is 19.9. The highest BCUT2D eigenvalue weighted by molar-refractivity contribution is 7.99. The van der Waals surface area contributed by atoms with Crippen molar-refractivity contribution in [1.82, 2.24) is 14.8 Å². The second-order valence-corrected chi connectivity index (χ2v) is 4.97. The van der Waals surface area contributed by atoms with E-state index in [9.17, 15) is 4.39 Å². The Morgan fingerprint density at radius 3 is 2.68 bits per heavy atom. The van der Waals surface area contributed by atoms with Crippen LogP contribution in [0, 0.1) is 5.82 Å². The fourth-order valence-electron chi connectivity index (χ4n) is 1.40. The van der Waals surface area contributed by atoms with E-state index in [-0.39, 0.29) is 5.82 Å². The van der Waals surface area contributed by atoms with Gasteiger partial charge in [-0.1, -0.05) is 11.8 Å². The van der Waals surface area contributed by atoms with Crippen LogP contribution in [0.1, 0.15) is 6.42 Å². The van der Waals surface area contributed by atoms with E-state index in [2.05, 4.69) is 10.2 Å². The van der Waals surface area contributed by atoms with Crippen LogP contribution in [-0.2, 0) is 7.05 Å². The molecule has 2 aromatic rings. The van der Waals surface area contributed by atoms with Gasteiger partial charge in [-0.05, 0) is 30.7 Å². The molecule has 2 N–H and O–H groups in total. The summed E-state index contributed by atoms with van der Waals surface area (Å²) in [5, 5.41) is 8.51. The topological polar surface area (TPSA) is 66.0 Å². The Morgan fingerprint density at radius 1 is 1.32 bits per heavy atom. The zero-order valence-electron chi connectivity index (χ0n) is 10.5. The van der Waals surface area contributed by atoms with Gasteiger partial charge in [-0.2, -0.15) is 0 Å². The zero-order chi connectivity index (χ0) is 13.7. The molecule has 0 spiro atoms. The van der Waals surface area contributed by atoms with E-state index in [1.165, 1.54) is 12.1 Å². The lowest BCUT2D eigenvalue weighted by atomic mass is 10.3. The molecule has 0 amide bonds. The maximum atomic E-state index is 12.7. The van der Waals surface area contributed by atoms with E-state index in [1.54, 1.807) is 28.5 Å². The minimum Gasteiger partial charge on any atom is -0.494 e. The maximum absolute atomic E-state index is 12.7. The fourth-order valence-corrected chi connectivity index (χ4v) is 2.23. The van der Waals surface area contributed by atoms with Gasteiger partial charge in [-0.3, -0.25) is 4.57 Å². The number of benzene rings is 1. The van der Waals surface area contributed by atoms with Gasteiger partial charge < -0.3 is 10.5 Å². The van der Waals surface area contributed by atoms with Gasteiger partial charge in [0.2, 0.25) is 5.95 Å². The van der Waals surface area contributed by atoms with Gasteiger partial charge in [0, 0.05) is 12.8 Å². The second kappa shape index (κ2) is 6.42. The van der Waals surface area contributed by atoms with Crippen molar-refractivity contribution in [3.8, 4) is 5.75 Å². The minimum atomic E-state index is -0.261. The highest BCUT2D eigenvalue weighted by Crippen LogP contribution is 2.17. The molecule has 0 saturated carbocycles. The number of hydrogen-bond acceptors (Lipinski definition) is 5. The molecule has 102 valence electrons. The lowest BCUT2D eigenvalue weighted by Gasteiger charge is -2.05. The van der Waals surface area contributed by atoms with Crippen molar-refractivity contribution in [2.75, 3.05) is 18.1 Å². The molecule has 0 bridgehead atoms. The van der Waals surface area contributed by atoms with Crippen molar-refractivity contribution in [2.24, 2.45) is 7.05 Å². The van der Waals surface area contributed by atoms with E-state index < -0.39 is 0 Å². The van der Waals surface area contributed by atoms with Gasteiger partial charge in [0.1, 0.15) is 11.6 Å². The molecular formula is C12H15FN4OS. The second-order valence-electron chi connectivity index (χ2n) is 3.90. The van der Waals surface area contributed by atoms with Crippen LogP contribution in [0.5, 0.6) is 5.75 Å². The number of aromatic nitrogens is 3. The number of thioether (sulfide) groups is 1. The molecule has 0 aliphatic heterocycles. The Labute approximate surface area is 115 Å². The number of anilines is 1. The molecule has 0 saturated heterocycles. The van der Waals surface area contributed by atoms with Crippen molar-refractivity contribution >= 4 is 17.7 Å². The van der Waals surface area contributed by atoms with Crippen LogP contribution in [0.25, 0.3) is 0 Å². The number of ether oxygens (including phenoxy) is 1. The minimum absolute atomic E-state index is 0.261. The first-order valence-corrected chi connectivity index (χ1v) is 6.81. The third kappa shape index (κ3) is 3.85. The molecule has 19 heavy (non-hydrogen) atoms. The molecule has 0 aliphatic rings. The molecule has 7 heteroatoms. The van der Waals surface area contributed by atoms with Gasteiger partial charge in [0.15, 0.2) is 5.16 Å². The smallest absolute Gasteiger partial charge is 0.222 e. The number of nitrogen functional groups attached to an aromatic ring is 1. The fraction of sp³-hybridized carbons (Fsp3) is 0.333. The molecule has 1 heterocycles. The summed E-state index contributed by atoms with van der Waals surface area (Å²) >= 11 is 1.57. The average molecular weight is 282 g/mol. The van der Waals surface area contributed by atoms with Crippen LogP contribution in [0.3, 0.4) is 0 Å². The molecule has 0 unspecified atom stereocenters. The lowest BCUT2D eigenvalue weighted by molar-refractivity contribution is 0.318. The summed E-state index contributed by atoms with van der Waals surface area (Å²) in [4.78, 5) is 0. The number of halogens is 1. The van der Waals surface area contributed by atoms with E-state index in [1.807, 2.05) is 7.05 Å². The average Bonchev–Trinajstić information content (AvgIpc) is 2.72. The standard InChI is InChI=1S/C12H15FN4OS/c1-17-11(14)15-16-12(17)19-8-2-7-18-10-5-3-9(13)4-6-10/h3-6H,2,7-8H2,1H3,(H2,14,15). The SMILES string of the molecule is Cn1c(N)nnc1SCCCOc1ccc(F)cc1. The Balaban J connectivity index is 1.67. The van der Waals surface area contributed by atoms with E-state index in [0.717, 1.165) is 17.3 Å². The molecule has 0 atom stereocenters. The van der Waals surface area contributed by atoms with Crippen molar-refractivity contribution in [3.05, 3.63) is 30.1 Å². The summed E-state index contributed by atoms with van der Waals surface area (Å²) in [5.41, 5.74) is 5.58. The van der Waals surface area contributed by atoms with Crippen molar-refractivity contribution < 1.29 is 9.13 Å². The third-order valence-electron chi connectivity index (χ3n) is 2.47. The van der Waals surface area contributed by atoms with Gasteiger partial charge in [0.25, 0.3) is 0 Å². The lowest BCUT2D eigenvalue weighted by Crippen LogP contribution is -2.01. The van der Waals surface area contributed by atoms with E-state index in [0.29, 0.717) is 18.3 Å². The van der Waals surface area contributed by atoms with Gasteiger partial charge in [0.05, 0.1) is 6.61 Å². The summed E-state index contributed by atoms with van der Waals surface area (Å²) in [6.07, 6.45) is 0.856. The first-order chi connectivity index (χ1) is 9.16. The van der Waals surface area contributed by atoms with Crippen molar-refractivity contribution in [1.29, 1.82) is 0 Å². The molecule has 1 aromatic carbocycles. The normalized spacial score (nSPS) is 10.6. The van der Waals surface area contributed by atoms with Crippen LogP contribution >= 0.6 is 11.8 Å². The number of rotatable bonds is 6. The van der Waals surface area contributed by atoms with E-state index >= 15 is 0 Å². The molecule has 0 fully saturated rings. The largest absolute Gasteiger partial charge is 0.494 e. The monoisotopic (exact) mass is 282 g/mol. The molecule has 5 nitrogen and oxygen atoms in total. The first-order valence-electron chi connectivity index (χ1n) is 5.83.